The second kappa shape index (κ2) is 4.29. The highest BCUT2D eigenvalue weighted by molar-refractivity contribution is 7.77. The van der Waals surface area contributed by atoms with Gasteiger partial charge < -0.3 is 25.0 Å². The first kappa shape index (κ1) is 11.8. The monoisotopic (exact) mass is 254 g/mol. The zero-order chi connectivity index (χ0) is 12.6. The number of methoxy groups -OCH3 is 2. The molecular formula is C11H12NO4S-. The molecule has 0 bridgehead atoms. The number of nitrogens with zero attached hydrogens (tertiary/aromatic N) is 1. The van der Waals surface area contributed by atoms with Crippen molar-refractivity contribution in [3.8, 4) is 0 Å². The standard InChI is InChI=1S/C11H12NO4S/c1-6-8(10(13)15-2)9(11(14)16-3)7-4-17-5-12(6)7/h4-5,17H,1-3H3/q-1. The zero-order valence-electron chi connectivity index (χ0n) is 9.68. The summed E-state index contributed by atoms with van der Waals surface area (Å²) in [6.45, 7) is 1.77. The number of ether oxygens (including phenoxy) is 2. The van der Waals surface area contributed by atoms with E-state index in [1.54, 1.807) is 11.5 Å². The summed E-state index contributed by atoms with van der Waals surface area (Å²) < 4.78 is 11.2. The second-order valence-corrected chi connectivity index (χ2v) is 4.25. The first-order chi connectivity index (χ1) is 8.11. The molecule has 0 amide bonds. The molecule has 0 radical (unpaired) electrons. The van der Waals surface area contributed by atoms with E-state index in [4.69, 9.17) is 9.47 Å². The maximum atomic E-state index is 11.7. The van der Waals surface area contributed by atoms with Crippen LogP contribution in [-0.2, 0) is 20.4 Å². The van der Waals surface area contributed by atoms with Crippen LogP contribution in [0, 0.1) is 6.92 Å². The van der Waals surface area contributed by atoms with Crippen molar-refractivity contribution in [1.29, 1.82) is 0 Å². The van der Waals surface area contributed by atoms with Crippen LogP contribution in [0.2, 0.25) is 0 Å². The van der Waals surface area contributed by atoms with Gasteiger partial charge in [-0.15, -0.1) is 5.49 Å². The van der Waals surface area contributed by atoms with Crippen molar-refractivity contribution in [3.05, 3.63) is 22.5 Å². The second-order valence-electron chi connectivity index (χ2n) is 3.47. The summed E-state index contributed by atoms with van der Waals surface area (Å²) in [7, 11) is 3.55. The van der Waals surface area contributed by atoms with Gasteiger partial charge >= 0.3 is 11.9 Å². The molecule has 1 aliphatic rings. The van der Waals surface area contributed by atoms with E-state index in [-0.39, 0.29) is 11.1 Å². The quantitative estimate of drug-likeness (QED) is 0.326. The average Bonchev–Trinajstić information content (AvgIpc) is 2.90. The van der Waals surface area contributed by atoms with Crippen molar-refractivity contribution < 1.29 is 19.1 Å². The van der Waals surface area contributed by atoms with Crippen LogP contribution in [-0.4, -0.2) is 41.6 Å². The van der Waals surface area contributed by atoms with E-state index < -0.39 is 11.9 Å². The van der Waals surface area contributed by atoms with Crippen molar-refractivity contribution in [2.45, 2.75) is 6.92 Å². The van der Waals surface area contributed by atoms with Crippen molar-refractivity contribution in [3.63, 3.8) is 0 Å². The number of carbonyl (C=O) groups is 2. The molecule has 0 aliphatic carbocycles. The van der Waals surface area contributed by atoms with Crippen LogP contribution in [0.15, 0.2) is 0 Å². The fourth-order valence-electron chi connectivity index (χ4n) is 1.84. The molecule has 0 unspecified atom stereocenters. The molecule has 0 fully saturated rings. The minimum absolute atomic E-state index is 0.275. The van der Waals surface area contributed by atoms with E-state index >= 15 is 0 Å². The summed E-state index contributed by atoms with van der Waals surface area (Å²) in [6, 6.07) is 0. The Morgan fingerprint density at radius 1 is 1.18 bits per heavy atom. The molecule has 0 saturated carbocycles. The summed E-state index contributed by atoms with van der Waals surface area (Å²) in [4.78, 5) is 23.5. The van der Waals surface area contributed by atoms with Gasteiger partial charge in [0.1, 0.15) is 0 Å². The van der Waals surface area contributed by atoms with Gasteiger partial charge in [0.05, 0.1) is 25.3 Å². The Kier molecular flexibility index (Phi) is 2.97. The highest BCUT2D eigenvalue weighted by Crippen LogP contribution is 2.23. The highest BCUT2D eigenvalue weighted by atomic mass is 32.1. The summed E-state index contributed by atoms with van der Waals surface area (Å²) in [5.41, 5.74) is 3.81. The lowest BCUT2D eigenvalue weighted by molar-refractivity contribution is 0.0556. The summed E-state index contributed by atoms with van der Waals surface area (Å²) in [5, 5.41) is 1.85. The van der Waals surface area contributed by atoms with Crippen LogP contribution < -0.4 is 0 Å². The third kappa shape index (κ3) is 1.64. The normalized spacial score (nSPS) is 12.4. The van der Waals surface area contributed by atoms with Gasteiger partial charge in [-0.3, -0.25) is 0 Å². The highest BCUT2D eigenvalue weighted by Gasteiger charge is 2.28. The number of carbonyl (C=O) groups excluding carboxylic acids is 2. The number of thiol groups is 1. The van der Waals surface area contributed by atoms with Gasteiger partial charge in [0.2, 0.25) is 0 Å². The van der Waals surface area contributed by atoms with Crippen LogP contribution in [0.5, 0.6) is 0 Å². The molecule has 6 heteroatoms. The average molecular weight is 254 g/mol. The molecule has 17 heavy (non-hydrogen) atoms. The number of hydrogen-bond acceptors (Lipinski definition) is 5. The lowest BCUT2D eigenvalue weighted by Crippen LogP contribution is -2.12. The van der Waals surface area contributed by atoms with Crippen LogP contribution in [0.25, 0.3) is 0 Å². The van der Waals surface area contributed by atoms with E-state index in [0.717, 1.165) is 10.9 Å². The van der Waals surface area contributed by atoms with E-state index in [9.17, 15) is 9.59 Å². The van der Waals surface area contributed by atoms with Gasteiger partial charge in [0, 0.05) is 11.4 Å². The van der Waals surface area contributed by atoms with Crippen molar-refractivity contribution in [2.75, 3.05) is 14.2 Å². The minimum Gasteiger partial charge on any atom is -0.468 e. The number of rotatable bonds is 2. The van der Waals surface area contributed by atoms with Gasteiger partial charge in [0.25, 0.3) is 0 Å². The first-order valence-electron chi connectivity index (χ1n) is 4.89. The molecule has 2 rings (SSSR count). The lowest BCUT2D eigenvalue weighted by Gasteiger charge is -2.03. The van der Waals surface area contributed by atoms with Crippen LogP contribution >= 0.6 is 0 Å². The minimum atomic E-state index is -0.525. The van der Waals surface area contributed by atoms with Crippen molar-refractivity contribution in [2.24, 2.45) is 0 Å². The smallest absolute Gasteiger partial charge is 0.340 e. The number of fused-ring (bicyclic) bond motifs is 1. The predicted octanol–water partition coefficient (Wildman–Crippen LogP) is -0.0437. The topological polar surface area (TPSA) is 57.5 Å². The predicted molar refractivity (Wildman–Crippen MR) is 67.2 cm³/mol. The Balaban J connectivity index is 2.71. The third-order valence-corrected chi connectivity index (χ3v) is 3.40. The largest absolute Gasteiger partial charge is 0.468 e. The first-order valence-corrected chi connectivity index (χ1v) is 5.93. The van der Waals surface area contributed by atoms with E-state index in [0.29, 0.717) is 11.4 Å². The fraction of sp³-hybridized carbons (Fsp3) is 0.273. The fourth-order valence-corrected chi connectivity index (χ4v) is 2.73. The number of aromatic nitrogens is 1. The lowest BCUT2D eigenvalue weighted by atomic mass is 10.1. The Hall–Kier alpha value is -1.69. The van der Waals surface area contributed by atoms with Crippen LogP contribution in [0.1, 0.15) is 32.1 Å². The van der Waals surface area contributed by atoms with Gasteiger partial charge in [-0.1, -0.05) is 0 Å². The van der Waals surface area contributed by atoms with Gasteiger partial charge in [-0.2, -0.15) is 5.37 Å². The number of hydrogen-bond donors (Lipinski definition) is 0. The van der Waals surface area contributed by atoms with Crippen molar-refractivity contribution >= 4 is 33.7 Å². The maximum Gasteiger partial charge on any atom is 0.340 e. The molecule has 0 atom stereocenters. The summed E-state index contributed by atoms with van der Waals surface area (Å²) >= 11 is 0. The third-order valence-electron chi connectivity index (χ3n) is 2.65. The van der Waals surface area contributed by atoms with E-state index in [1.807, 2.05) is 10.9 Å². The van der Waals surface area contributed by atoms with E-state index in [1.165, 1.54) is 14.2 Å². The number of esters is 2. The molecule has 92 valence electrons. The van der Waals surface area contributed by atoms with Gasteiger partial charge in [-0.25, -0.2) is 9.59 Å². The zero-order valence-corrected chi connectivity index (χ0v) is 10.6. The van der Waals surface area contributed by atoms with Crippen molar-refractivity contribution in [1.82, 2.24) is 4.57 Å². The maximum absolute atomic E-state index is 11.7. The van der Waals surface area contributed by atoms with Crippen LogP contribution in [0.4, 0.5) is 0 Å². The van der Waals surface area contributed by atoms with E-state index in [2.05, 4.69) is 0 Å². The SMILES string of the molecule is COC(=O)c1c(C(=O)OC)c2n(c1C)C=[SH-]=C2. The Morgan fingerprint density at radius 2 is 1.76 bits per heavy atom. The summed E-state index contributed by atoms with van der Waals surface area (Å²) in [5.74, 6) is -1.05. The molecule has 0 aromatic carbocycles. The molecule has 1 aromatic rings. The Morgan fingerprint density at radius 3 is 2.35 bits per heavy atom. The molecule has 1 aromatic heterocycles. The Bertz CT molecular complexity index is 579. The molecule has 0 spiro atoms. The van der Waals surface area contributed by atoms with Gasteiger partial charge in [0.15, 0.2) is 0 Å². The molecule has 1 aliphatic heterocycles. The molecule has 2 heterocycles. The van der Waals surface area contributed by atoms with Crippen LogP contribution in [0.3, 0.4) is 0 Å². The summed E-state index contributed by atoms with van der Waals surface area (Å²) in [6.07, 6.45) is 0. The van der Waals surface area contributed by atoms with Gasteiger partial charge in [-0.05, 0) is 6.92 Å². The molecule has 0 N–H and O–H groups in total. The molecule has 0 saturated heterocycles. The molecule has 5 nitrogen and oxygen atoms in total. The Labute approximate surface area is 101 Å². The molecular weight excluding hydrogens is 242 g/mol.